The number of rotatable bonds is 5. The van der Waals surface area contributed by atoms with Gasteiger partial charge in [-0.1, -0.05) is 17.7 Å². The van der Waals surface area contributed by atoms with Crippen molar-refractivity contribution in [1.29, 1.82) is 0 Å². The number of fused-ring (bicyclic) bond motifs is 1. The predicted molar refractivity (Wildman–Crippen MR) is 107 cm³/mol. The lowest BCUT2D eigenvalue weighted by Gasteiger charge is -2.21. The van der Waals surface area contributed by atoms with Gasteiger partial charge in [0.1, 0.15) is 0 Å². The number of aryl methyl sites for hydroxylation is 1. The number of hydrogen-bond donors (Lipinski definition) is 1. The van der Waals surface area contributed by atoms with E-state index in [1.54, 1.807) is 17.0 Å². The molecular formula is C20H25ClN4O2. The first-order chi connectivity index (χ1) is 13.0. The number of aromatic nitrogens is 2. The number of carbonyl (C=O) groups is 2. The third-order valence-corrected chi connectivity index (χ3v) is 5.26. The maximum Gasteiger partial charge on any atom is 0.289 e. The molecule has 0 fully saturated rings. The van der Waals surface area contributed by atoms with Crippen LogP contribution in [0.4, 0.5) is 5.69 Å². The predicted octanol–water partition coefficient (Wildman–Crippen LogP) is 3.92. The van der Waals surface area contributed by atoms with E-state index >= 15 is 0 Å². The van der Waals surface area contributed by atoms with Gasteiger partial charge in [-0.25, -0.2) is 4.98 Å². The Morgan fingerprint density at radius 1 is 1.26 bits per heavy atom. The molecule has 144 valence electrons. The number of hydrogen-bond acceptors (Lipinski definition) is 3. The van der Waals surface area contributed by atoms with Gasteiger partial charge in [0.15, 0.2) is 11.5 Å². The van der Waals surface area contributed by atoms with Gasteiger partial charge < -0.3 is 14.8 Å². The highest BCUT2D eigenvalue weighted by molar-refractivity contribution is 6.31. The number of carbonyl (C=O) groups excluding carboxylic acids is 2. The minimum atomic E-state index is -0.301. The second-order valence-corrected chi connectivity index (χ2v) is 7.17. The summed E-state index contributed by atoms with van der Waals surface area (Å²) in [7, 11) is 0. The fourth-order valence-electron chi connectivity index (χ4n) is 3.45. The molecule has 0 bridgehead atoms. The number of halogens is 1. The molecule has 3 rings (SSSR count). The van der Waals surface area contributed by atoms with Crippen LogP contribution in [0.25, 0.3) is 0 Å². The average molecular weight is 389 g/mol. The van der Waals surface area contributed by atoms with Gasteiger partial charge in [-0.05, 0) is 57.7 Å². The monoisotopic (exact) mass is 388 g/mol. The molecule has 7 heteroatoms. The van der Waals surface area contributed by atoms with Crippen LogP contribution in [0, 0.1) is 6.92 Å². The molecule has 2 heterocycles. The number of benzene rings is 1. The molecule has 27 heavy (non-hydrogen) atoms. The Labute approximate surface area is 164 Å². The van der Waals surface area contributed by atoms with E-state index in [0.29, 0.717) is 41.9 Å². The molecule has 0 aliphatic carbocycles. The molecule has 1 aromatic heterocycles. The minimum absolute atomic E-state index is 0.124. The van der Waals surface area contributed by atoms with E-state index in [1.807, 2.05) is 31.4 Å². The van der Waals surface area contributed by atoms with Gasteiger partial charge in [0, 0.05) is 30.3 Å². The van der Waals surface area contributed by atoms with Gasteiger partial charge in [-0.2, -0.15) is 0 Å². The summed E-state index contributed by atoms with van der Waals surface area (Å²) < 4.78 is 1.92. The van der Waals surface area contributed by atoms with E-state index in [2.05, 4.69) is 10.3 Å². The van der Waals surface area contributed by atoms with E-state index in [9.17, 15) is 9.59 Å². The second kappa shape index (κ2) is 8.13. The summed E-state index contributed by atoms with van der Waals surface area (Å²) in [4.78, 5) is 32.0. The van der Waals surface area contributed by atoms with Crippen molar-refractivity contribution in [3.05, 3.63) is 46.0 Å². The smallest absolute Gasteiger partial charge is 0.289 e. The number of amides is 2. The van der Waals surface area contributed by atoms with Crippen molar-refractivity contribution in [2.75, 3.05) is 18.4 Å². The summed E-state index contributed by atoms with van der Waals surface area (Å²) in [5, 5.41) is 3.46. The minimum Gasteiger partial charge on any atom is -0.337 e. The van der Waals surface area contributed by atoms with Crippen LogP contribution in [-0.2, 0) is 13.0 Å². The normalized spacial score (nSPS) is 13.2. The Morgan fingerprint density at radius 3 is 2.70 bits per heavy atom. The van der Waals surface area contributed by atoms with Crippen LogP contribution in [0.1, 0.15) is 59.1 Å². The molecule has 0 spiro atoms. The molecule has 0 saturated heterocycles. The maximum atomic E-state index is 12.9. The van der Waals surface area contributed by atoms with Gasteiger partial charge in [0.25, 0.3) is 11.8 Å². The highest BCUT2D eigenvalue weighted by Crippen LogP contribution is 2.25. The Bertz CT molecular complexity index is 871. The third kappa shape index (κ3) is 3.86. The van der Waals surface area contributed by atoms with E-state index in [0.717, 1.165) is 30.5 Å². The Hall–Kier alpha value is -2.34. The number of nitrogens with zero attached hydrogens (tertiary/aromatic N) is 3. The zero-order valence-electron chi connectivity index (χ0n) is 16.0. The van der Waals surface area contributed by atoms with Gasteiger partial charge in [-0.15, -0.1) is 0 Å². The van der Waals surface area contributed by atoms with Crippen LogP contribution >= 0.6 is 11.6 Å². The fourth-order valence-corrected chi connectivity index (χ4v) is 3.62. The molecule has 0 saturated carbocycles. The molecule has 0 unspecified atom stereocenters. The topological polar surface area (TPSA) is 67.2 Å². The molecule has 6 nitrogen and oxygen atoms in total. The van der Waals surface area contributed by atoms with Crippen molar-refractivity contribution in [2.24, 2.45) is 0 Å². The molecule has 2 aromatic rings. The van der Waals surface area contributed by atoms with Gasteiger partial charge in [0.05, 0.1) is 5.69 Å². The van der Waals surface area contributed by atoms with Crippen molar-refractivity contribution in [3.63, 3.8) is 0 Å². The SMILES string of the molecule is CCN(CC)C(=O)c1nc(C(=O)Nc2cc(Cl)ccc2C)c2n1CCCC2. The van der Waals surface area contributed by atoms with Crippen molar-refractivity contribution < 1.29 is 9.59 Å². The molecule has 0 atom stereocenters. The molecule has 1 aromatic carbocycles. The van der Waals surface area contributed by atoms with Crippen LogP contribution in [0.5, 0.6) is 0 Å². The first kappa shape index (κ1) is 19.4. The van der Waals surface area contributed by atoms with Crippen LogP contribution in [0.15, 0.2) is 18.2 Å². The van der Waals surface area contributed by atoms with Crippen molar-refractivity contribution in [1.82, 2.24) is 14.5 Å². The van der Waals surface area contributed by atoms with Crippen molar-refractivity contribution >= 4 is 29.1 Å². The zero-order chi connectivity index (χ0) is 19.6. The number of anilines is 1. The lowest BCUT2D eigenvalue weighted by molar-refractivity contribution is 0.0754. The summed E-state index contributed by atoms with van der Waals surface area (Å²) in [6, 6.07) is 5.36. The van der Waals surface area contributed by atoms with Crippen molar-refractivity contribution in [3.8, 4) is 0 Å². The van der Waals surface area contributed by atoms with E-state index < -0.39 is 0 Å². The number of imidazole rings is 1. The summed E-state index contributed by atoms with van der Waals surface area (Å²) in [6.07, 6.45) is 2.72. The molecule has 1 aliphatic rings. The maximum absolute atomic E-state index is 12.9. The average Bonchev–Trinajstić information content (AvgIpc) is 3.05. The molecular weight excluding hydrogens is 364 g/mol. The van der Waals surface area contributed by atoms with Gasteiger partial charge in [0.2, 0.25) is 0 Å². The zero-order valence-corrected chi connectivity index (χ0v) is 16.8. The Kier molecular flexibility index (Phi) is 5.85. The second-order valence-electron chi connectivity index (χ2n) is 6.73. The van der Waals surface area contributed by atoms with Crippen molar-refractivity contribution in [2.45, 2.75) is 46.6 Å². The largest absolute Gasteiger partial charge is 0.337 e. The Balaban J connectivity index is 1.97. The summed E-state index contributed by atoms with van der Waals surface area (Å²) in [6.45, 7) is 7.73. The summed E-state index contributed by atoms with van der Waals surface area (Å²) >= 11 is 6.05. The first-order valence-electron chi connectivity index (χ1n) is 9.42. The molecule has 0 radical (unpaired) electrons. The highest BCUT2D eigenvalue weighted by Gasteiger charge is 2.29. The van der Waals surface area contributed by atoms with Crippen LogP contribution in [0.3, 0.4) is 0 Å². The summed E-state index contributed by atoms with van der Waals surface area (Å²) in [5.74, 6) is -0.0629. The van der Waals surface area contributed by atoms with E-state index in [1.165, 1.54) is 0 Å². The quantitative estimate of drug-likeness (QED) is 0.844. The number of nitrogens with one attached hydrogen (secondary N) is 1. The lowest BCUT2D eigenvalue weighted by Crippen LogP contribution is -2.33. The van der Waals surface area contributed by atoms with E-state index in [-0.39, 0.29) is 11.8 Å². The molecule has 1 aliphatic heterocycles. The first-order valence-corrected chi connectivity index (χ1v) is 9.80. The van der Waals surface area contributed by atoms with Gasteiger partial charge in [-0.3, -0.25) is 9.59 Å². The summed E-state index contributed by atoms with van der Waals surface area (Å²) in [5.41, 5.74) is 2.75. The van der Waals surface area contributed by atoms with Crippen LogP contribution < -0.4 is 5.32 Å². The third-order valence-electron chi connectivity index (χ3n) is 5.02. The van der Waals surface area contributed by atoms with Crippen LogP contribution in [0.2, 0.25) is 5.02 Å². The lowest BCUT2D eigenvalue weighted by atomic mass is 10.1. The van der Waals surface area contributed by atoms with E-state index in [4.69, 9.17) is 11.6 Å². The fraction of sp³-hybridized carbons (Fsp3) is 0.450. The molecule has 2 amide bonds. The Morgan fingerprint density at radius 2 is 2.00 bits per heavy atom. The van der Waals surface area contributed by atoms with Crippen LogP contribution in [-0.4, -0.2) is 39.4 Å². The van der Waals surface area contributed by atoms with Gasteiger partial charge >= 0.3 is 0 Å². The standard InChI is InChI=1S/C20H25ClN4O2/c1-4-24(5-2)20(27)18-23-17(16-8-6-7-11-25(16)18)19(26)22-15-12-14(21)10-9-13(15)3/h9-10,12H,4-8,11H2,1-3H3,(H,22,26). The highest BCUT2D eigenvalue weighted by atomic mass is 35.5. The molecule has 1 N–H and O–H groups in total.